The Balaban J connectivity index is 2.88. The second-order valence-electron chi connectivity index (χ2n) is 4.75. The molecule has 0 aliphatic heterocycles. The fourth-order valence-electron chi connectivity index (χ4n) is 1.83. The zero-order chi connectivity index (χ0) is 15.3. The summed E-state index contributed by atoms with van der Waals surface area (Å²) in [4.78, 5) is 24.6. The normalized spacial score (nSPS) is 10.6. The van der Waals surface area contributed by atoms with Gasteiger partial charge in [0.25, 0.3) is 5.91 Å². The van der Waals surface area contributed by atoms with E-state index in [-0.39, 0.29) is 29.7 Å². The van der Waals surface area contributed by atoms with Gasteiger partial charge in [0.1, 0.15) is 5.75 Å². The number of aromatic hydroxyl groups is 1. The highest BCUT2D eigenvalue weighted by molar-refractivity contribution is 14.1. The number of benzene rings is 1. The number of nitrogens with zero attached hydrogens (tertiary/aromatic N) is 1. The summed E-state index contributed by atoms with van der Waals surface area (Å²) in [7, 11) is 0. The fourth-order valence-corrected chi connectivity index (χ4v) is 2.32. The molecule has 0 aromatic heterocycles. The van der Waals surface area contributed by atoms with Gasteiger partial charge in [-0.3, -0.25) is 9.59 Å². The minimum atomic E-state index is -0.877. The van der Waals surface area contributed by atoms with E-state index in [1.165, 1.54) is 6.07 Å². The number of phenolic OH excluding ortho intramolecular Hbond substituents is 1. The molecule has 0 bridgehead atoms. The van der Waals surface area contributed by atoms with Crippen molar-refractivity contribution in [1.29, 1.82) is 0 Å². The van der Waals surface area contributed by atoms with Crippen molar-refractivity contribution in [2.75, 3.05) is 6.54 Å². The molecular formula is C14H18INO4. The van der Waals surface area contributed by atoms with Gasteiger partial charge in [0.2, 0.25) is 0 Å². The van der Waals surface area contributed by atoms with Crippen molar-refractivity contribution in [3.05, 3.63) is 27.3 Å². The van der Waals surface area contributed by atoms with E-state index in [0.717, 1.165) is 3.57 Å². The third-order valence-corrected chi connectivity index (χ3v) is 3.53. The first-order valence-corrected chi connectivity index (χ1v) is 7.42. The van der Waals surface area contributed by atoms with Gasteiger partial charge >= 0.3 is 5.97 Å². The van der Waals surface area contributed by atoms with Crippen LogP contribution in [0.5, 0.6) is 5.75 Å². The smallest absolute Gasteiger partial charge is 0.303 e. The lowest BCUT2D eigenvalue weighted by atomic mass is 10.1. The fraction of sp³-hybridized carbons (Fsp3) is 0.429. The first kappa shape index (κ1) is 16.7. The van der Waals surface area contributed by atoms with Gasteiger partial charge in [-0.05, 0) is 61.1 Å². The number of carbonyl (C=O) groups excluding carboxylic acids is 1. The molecule has 0 saturated carbocycles. The number of carbonyl (C=O) groups is 2. The van der Waals surface area contributed by atoms with Crippen molar-refractivity contribution >= 4 is 34.5 Å². The van der Waals surface area contributed by atoms with Gasteiger partial charge in [-0.1, -0.05) is 0 Å². The molecule has 5 nitrogen and oxygen atoms in total. The Morgan fingerprint density at radius 3 is 2.55 bits per heavy atom. The summed E-state index contributed by atoms with van der Waals surface area (Å²) in [5, 5.41) is 18.5. The predicted octanol–water partition coefficient (Wildman–Crippen LogP) is 2.71. The number of carboxylic acid groups (broad SMARTS) is 1. The average molecular weight is 391 g/mol. The maximum Gasteiger partial charge on any atom is 0.303 e. The van der Waals surface area contributed by atoms with E-state index >= 15 is 0 Å². The molecule has 0 fully saturated rings. The molecule has 1 rings (SSSR count). The topological polar surface area (TPSA) is 77.8 Å². The van der Waals surface area contributed by atoms with E-state index in [1.807, 2.05) is 13.8 Å². The number of phenols is 1. The van der Waals surface area contributed by atoms with Crippen molar-refractivity contribution in [3.8, 4) is 5.75 Å². The Labute approximate surface area is 131 Å². The quantitative estimate of drug-likeness (QED) is 0.732. The van der Waals surface area contributed by atoms with Crippen LogP contribution in [0.1, 0.15) is 37.0 Å². The molecule has 0 saturated heterocycles. The van der Waals surface area contributed by atoms with E-state index in [9.17, 15) is 14.7 Å². The van der Waals surface area contributed by atoms with E-state index in [2.05, 4.69) is 22.6 Å². The molecule has 6 heteroatoms. The van der Waals surface area contributed by atoms with Gasteiger partial charge in [-0.25, -0.2) is 0 Å². The van der Waals surface area contributed by atoms with Gasteiger partial charge in [-0.15, -0.1) is 0 Å². The van der Waals surface area contributed by atoms with Crippen LogP contribution in [0, 0.1) is 3.57 Å². The monoisotopic (exact) mass is 391 g/mol. The molecule has 0 spiro atoms. The number of aliphatic carboxylic acids is 1. The van der Waals surface area contributed by atoms with Crippen LogP contribution in [0.4, 0.5) is 0 Å². The molecule has 1 amide bonds. The van der Waals surface area contributed by atoms with Crippen LogP contribution in [0.15, 0.2) is 18.2 Å². The average Bonchev–Trinajstić information content (AvgIpc) is 2.36. The molecule has 0 aliphatic rings. The van der Waals surface area contributed by atoms with Crippen LogP contribution in [-0.4, -0.2) is 39.6 Å². The summed E-state index contributed by atoms with van der Waals surface area (Å²) in [6.45, 7) is 4.08. The zero-order valence-corrected chi connectivity index (χ0v) is 13.6. The van der Waals surface area contributed by atoms with Crippen molar-refractivity contribution in [1.82, 2.24) is 4.90 Å². The molecule has 110 valence electrons. The van der Waals surface area contributed by atoms with Gasteiger partial charge in [0.15, 0.2) is 0 Å². The minimum Gasteiger partial charge on any atom is -0.507 e. The summed E-state index contributed by atoms with van der Waals surface area (Å²) in [6, 6.07) is 4.78. The lowest BCUT2D eigenvalue weighted by Crippen LogP contribution is -2.38. The van der Waals surface area contributed by atoms with E-state index in [0.29, 0.717) is 13.0 Å². The Morgan fingerprint density at radius 1 is 1.35 bits per heavy atom. The van der Waals surface area contributed by atoms with Crippen molar-refractivity contribution < 1.29 is 19.8 Å². The molecule has 1 aromatic carbocycles. The molecule has 0 unspecified atom stereocenters. The number of halogens is 1. The summed E-state index contributed by atoms with van der Waals surface area (Å²) >= 11 is 2.07. The lowest BCUT2D eigenvalue weighted by Gasteiger charge is -2.27. The molecule has 1 aromatic rings. The Morgan fingerprint density at radius 2 is 2.00 bits per heavy atom. The number of carboxylic acids is 1. The Bertz CT molecular complexity index is 502. The summed E-state index contributed by atoms with van der Waals surface area (Å²) < 4.78 is 0.859. The number of rotatable bonds is 6. The highest BCUT2D eigenvalue weighted by Gasteiger charge is 2.21. The highest BCUT2D eigenvalue weighted by Crippen LogP contribution is 2.22. The number of hydrogen-bond donors (Lipinski definition) is 2. The second-order valence-corrected chi connectivity index (χ2v) is 6.00. The summed E-state index contributed by atoms with van der Waals surface area (Å²) in [5.41, 5.74) is 0.251. The van der Waals surface area contributed by atoms with E-state index < -0.39 is 5.97 Å². The van der Waals surface area contributed by atoms with Crippen LogP contribution in [0.2, 0.25) is 0 Å². The van der Waals surface area contributed by atoms with E-state index in [4.69, 9.17) is 5.11 Å². The van der Waals surface area contributed by atoms with Gasteiger partial charge in [0, 0.05) is 22.6 Å². The van der Waals surface area contributed by atoms with Crippen molar-refractivity contribution in [2.45, 2.75) is 32.7 Å². The van der Waals surface area contributed by atoms with Crippen LogP contribution >= 0.6 is 22.6 Å². The van der Waals surface area contributed by atoms with Crippen LogP contribution in [-0.2, 0) is 4.79 Å². The van der Waals surface area contributed by atoms with Crippen LogP contribution in [0.3, 0.4) is 0 Å². The summed E-state index contributed by atoms with van der Waals surface area (Å²) in [5.74, 6) is -1.21. The Kier molecular flexibility index (Phi) is 6.25. The van der Waals surface area contributed by atoms with Crippen molar-refractivity contribution in [3.63, 3.8) is 0 Å². The molecule has 20 heavy (non-hydrogen) atoms. The number of amides is 1. The van der Waals surface area contributed by atoms with E-state index in [1.54, 1.807) is 17.0 Å². The highest BCUT2D eigenvalue weighted by atomic mass is 127. The molecular weight excluding hydrogens is 373 g/mol. The first-order chi connectivity index (χ1) is 9.32. The maximum absolute atomic E-state index is 12.5. The minimum absolute atomic E-state index is 0.0226. The Hall–Kier alpha value is -1.31. The molecule has 0 atom stereocenters. The second kappa shape index (κ2) is 7.47. The lowest BCUT2D eigenvalue weighted by molar-refractivity contribution is -0.137. The third-order valence-electron chi connectivity index (χ3n) is 2.86. The SMILES string of the molecule is CC(C)N(CCCC(=O)O)C(=O)c1cc(I)ccc1O. The van der Waals surface area contributed by atoms with Crippen molar-refractivity contribution in [2.24, 2.45) is 0 Å². The maximum atomic E-state index is 12.5. The van der Waals surface area contributed by atoms with Crippen LogP contribution in [0.25, 0.3) is 0 Å². The first-order valence-electron chi connectivity index (χ1n) is 6.34. The predicted molar refractivity (Wildman–Crippen MR) is 83.9 cm³/mol. The largest absolute Gasteiger partial charge is 0.507 e. The summed E-state index contributed by atoms with van der Waals surface area (Å²) in [6.07, 6.45) is 0.415. The zero-order valence-electron chi connectivity index (χ0n) is 11.5. The molecule has 0 heterocycles. The van der Waals surface area contributed by atoms with Gasteiger partial charge in [0.05, 0.1) is 5.56 Å². The van der Waals surface area contributed by atoms with Gasteiger partial charge in [-0.2, -0.15) is 0 Å². The van der Waals surface area contributed by atoms with Gasteiger partial charge < -0.3 is 15.1 Å². The number of hydrogen-bond acceptors (Lipinski definition) is 3. The molecule has 2 N–H and O–H groups in total. The molecule has 0 radical (unpaired) electrons. The standard InChI is InChI=1S/C14H18INO4/c1-9(2)16(7-3-4-13(18)19)14(20)11-8-10(15)5-6-12(11)17/h5-6,8-9,17H,3-4,7H2,1-2H3,(H,18,19). The molecule has 0 aliphatic carbocycles. The third kappa shape index (κ3) is 4.66. The van der Waals surface area contributed by atoms with Crippen LogP contribution < -0.4 is 0 Å².